The summed E-state index contributed by atoms with van der Waals surface area (Å²) in [4.78, 5) is 17.8. The van der Waals surface area contributed by atoms with E-state index in [1.54, 1.807) is 10.8 Å². The van der Waals surface area contributed by atoms with E-state index >= 15 is 0 Å². The maximum Gasteiger partial charge on any atom is 0.347 e. The third-order valence-electron chi connectivity index (χ3n) is 3.08. The van der Waals surface area contributed by atoms with E-state index in [-0.39, 0.29) is 5.69 Å². The Morgan fingerprint density at radius 2 is 2.12 bits per heavy atom. The van der Waals surface area contributed by atoms with Crippen LogP contribution in [0.5, 0.6) is 0 Å². The van der Waals surface area contributed by atoms with E-state index in [1.165, 1.54) is 0 Å². The number of morpholine rings is 1. The molecule has 5 heteroatoms. The van der Waals surface area contributed by atoms with Gasteiger partial charge < -0.3 is 4.74 Å². The molecule has 0 spiro atoms. The van der Waals surface area contributed by atoms with Crippen molar-refractivity contribution in [2.45, 2.75) is 19.9 Å². The topological polar surface area (TPSA) is 47.4 Å². The SMILES string of the molecule is CCc1cnc(=O)n(CCN2CCOCC2)c1. The second kappa shape index (κ2) is 5.93. The molecular formula is C12H19N3O2. The van der Waals surface area contributed by atoms with E-state index in [4.69, 9.17) is 4.74 Å². The van der Waals surface area contributed by atoms with Crippen LogP contribution in [0.15, 0.2) is 17.2 Å². The lowest BCUT2D eigenvalue weighted by molar-refractivity contribution is 0.0362. The molecule has 1 aliphatic rings. The molecule has 2 rings (SSSR count). The highest BCUT2D eigenvalue weighted by atomic mass is 16.5. The van der Waals surface area contributed by atoms with Gasteiger partial charge in [0.05, 0.1) is 13.2 Å². The molecule has 17 heavy (non-hydrogen) atoms. The van der Waals surface area contributed by atoms with Crippen molar-refractivity contribution in [1.82, 2.24) is 14.5 Å². The molecule has 1 saturated heterocycles. The average Bonchev–Trinajstić information content (AvgIpc) is 2.39. The van der Waals surface area contributed by atoms with Gasteiger partial charge >= 0.3 is 5.69 Å². The summed E-state index contributed by atoms with van der Waals surface area (Å²) in [6.07, 6.45) is 4.48. The first-order valence-corrected chi connectivity index (χ1v) is 6.15. The Morgan fingerprint density at radius 1 is 1.35 bits per heavy atom. The molecule has 1 aliphatic heterocycles. The first-order valence-electron chi connectivity index (χ1n) is 6.15. The third-order valence-corrected chi connectivity index (χ3v) is 3.08. The Labute approximate surface area is 101 Å². The van der Waals surface area contributed by atoms with Gasteiger partial charge in [-0.2, -0.15) is 0 Å². The first-order chi connectivity index (χ1) is 8.29. The number of aromatic nitrogens is 2. The molecule has 0 unspecified atom stereocenters. The molecule has 0 bridgehead atoms. The van der Waals surface area contributed by atoms with Crippen molar-refractivity contribution in [3.63, 3.8) is 0 Å². The Morgan fingerprint density at radius 3 is 2.82 bits per heavy atom. The smallest absolute Gasteiger partial charge is 0.347 e. The highest BCUT2D eigenvalue weighted by molar-refractivity contribution is 5.02. The van der Waals surface area contributed by atoms with E-state index in [1.807, 2.05) is 6.20 Å². The van der Waals surface area contributed by atoms with Crippen molar-refractivity contribution >= 4 is 0 Å². The minimum atomic E-state index is -0.157. The standard InChI is InChI=1S/C12H19N3O2/c1-2-11-9-13-12(16)15(10-11)4-3-14-5-7-17-8-6-14/h9-10H,2-8H2,1H3. The van der Waals surface area contributed by atoms with Crippen LogP contribution in [0.2, 0.25) is 0 Å². The van der Waals surface area contributed by atoms with Crippen LogP contribution in [-0.2, 0) is 17.7 Å². The lowest BCUT2D eigenvalue weighted by Gasteiger charge is -2.26. The maximum atomic E-state index is 11.6. The van der Waals surface area contributed by atoms with Crippen LogP contribution in [0.25, 0.3) is 0 Å². The molecule has 1 aromatic rings. The summed E-state index contributed by atoms with van der Waals surface area (Å²) in [6, 6.07) is 0. The molecule has 1 aromatic heterocycles. The summed E-state index contributed by atoms with van der Waals surface area (Å²) in [5.74, 6) is 0. The molecule has 0 saturated carbocycles. The quantitative estimate of drug-likeness (QED) is 0.747. The molecular weight excluding hydrogens is 218 g/mol. The van der Waals surface area contributed by atoms with Gasteiger partial charge in [-0.3, -0.25) is 9.47 Å². The molecule has 5 nitrogen and oxygen atoms in total. The zero-order valence-corrected chi connectivity index (χ0v) is 10.3. The Balaban J connectivity index is 1.95. The van der Waals surface area contributed by atoms with Gasteiger partial charge in [0.25, 0.3) is 0 Å². The molecule has 0 N–H and O–H groups in total. The summed E-state index contributed by atoms with van der Waals surface area (Å²) in [5, 5.41) is 0. The Hall–Kier alpha value is -1.20. The Kier molecular flexibility index (Phi) is 4.28. The van der Waals surface area contributed by atoms with E-state index in [9.17, 15) is 4.79 Å². The molecule has 0 atom stereocenters. The molecule has 2 heterocycles. The van der Waals surface area contributed by atoms with Crippen molar-refractivity contribution in [3.8, 4) is 0 Å². The predicted molar refractivity (Wildman–Crippen MR) is 65.1 cm³/mol. The Bertz CT molecular complexity index is 410. The van der Waals surface area contributed by atoms with Gasteiger partial charge in [-0.1, -0.05) is 6.92 Å². The normalized spacial score (nSPS) is 17.2. The zero-order valence-electron chi connectivity index (χ0n) is 10.3. The first kappa shape index (κ1) is 12.3. The van der Waals surface area contributed by atoms with Gasteiger partial charge in [0, 0.05) is 38.6 Å². The van der Waals surface area contributed by atoms with E-state index in [0.29, 0.717) is 6.54 Å². The van der Waals surface area contributed by atoms with E-state index in [0.717, 1.165) is 44.8 Å². The van der Waals surface area contributed by atoms with Gasteiger partial charge in [0.1, 0.15) is 0 Å². The fourth-order valence-electron chi connectivity index (χ4n) is 1.92. The lowest BCUT2D eigenvalue weighted by Crippen LogP contribution is -2.39. The van der Waals surface area contributed by atoms with Crippen molar-refractivity contribution in [1.29, 1.82) is 0 Å². The van der Waals surface area contributed by atoms with E-state index in [2.05, 4.69) is 16.8 Å². The van der Waals surface area contributed by atoms with Gasteiger partial charge in [0.15, 0.2) is 0 Å². The number of hydrogen-bond donors (Lipinski definition) is 0. The monoisotopic (exact) mass is 237 g/mol. The maximum absolute atomic E-state index is 11.6. The van der Waals surface area contributed by atoms with Crippen LogP contribution < -0.4 is 5.69 Å². The highest BCUT2D eigenvalue weighted by Gasteiger charge is 2.10. The van der Waals surface area contributed by atoms with Crippen LogP contribution in [-0.4, -0.2) is 47.3 Å². The van der Waals surface area contributed by atoms with Crippen LogP contribution in [0.1, 0.15) is 12.5 Å². The number of nitrogens with zero attached hydrogens (tertiary/aromatic N) is 3. The molecule has 0 aliphatic carbocycles. The predicted octanol–water partition coefficient (Wildman–Crippen LogP) is 0.138. The van der Waals surface area contributed by atoms with Gasteiger partial charge in [-0.25, -0.2) is 9.78 Å². The van der Waals surface area contributed by atoms with Crippen LogP contribution in [0, 0.1) is 0 Å². The number of rotatable bonds is 4. The summed E-state index contributed by atoms with van der Waals surface area (Å²) in [5.41, 5.74) is 0.946. The summed E-state index contributed by atoms with van der Waals surface area (Å²) < 4.78 is 6.99. The molecule has 1 fully saturated rings. The molecule has 0 radical (unpaired) electrons. The van der Waals surface area contributed by atoms with Gasteiger partial charge in [0.2, 0.25) is 0 Å². The van der Waals surface area contributed by atoms with Gasteiger partial charge in [-0.05, 0) is 12.0 Å². The molecule has 0 aromatic carbocycles. The van der Waals surface area contributed by atoms with Crippen LogP contribution in [0.4, 0.5) is 0 Å². The molecule has 0 amide bonds. The number of aryl methyl sites for hydroxylation is 1. The van der Waals surface area contributed by atoms with Crippen molar-refractivity contribution < 1.29 is 4.74 Å². The van der Waals surface area contributed by atoms with Crippen molar-refractivity contribution in [2.75, 3.05) is 32.8 Å². The van der Waals surface area contributed by atoms with Crippen LogP contribution in [0.3, 0.4) is 0 Å². The van der Waals surface area contributed by atoms with E-state index < -0.39 is 0 Å². The average molecular weight is 237 g/mol. The zero-order chi connectivity index (χ0) is 12.1. The van der Waals surface area contributed by atoms with Crippen molar-refractivity contribution in [3.05, 3.63) is 28.4 Å². The van der Waals surface area contributed by atoms with Crippen molar-refractivity contribution in [2.24, 2.45) is 0 Å². The summed E-state index contributed by atoms with van der Waals surface area (Å²) in [6.45, 7) is 7.15. The minimum Gasteiger partial charge on any atom is -0.379 e. The van der Waals surface area contributed by atoms with Crippen LogP contribution >= 0.6 is 0 Å². The largest absolute Gasteiger partial charge is 0.379 e. The summed E-state index contributed by atoms with van der Waals surface area (Å²) in [7, 11) is 0. The second-order valence-corrected chi connectivity index (χ2v) is 4.25. The van der Waals surface area contributed by atoms with Gasteiger partial charge in [-0.15, -0.1) is 0 Å². The number of hydrogen-bond acceptors (Lipinski definition) is 4. The fraction of sp³-hybridized carbons (Fsp3) is 0.667. The molecule has 94 valence electrons. The highest BCUT2D eigenvalue weighted by Crippen LogP contribution is 1.98. The third kappa shape index (κ3) is 3.38. The number of ether oxygens (including phenoxy) is 1. The minimum absolute atomic E-state index is 0.157. The fourth-order valence-corrected chi connectivity index (χ4v) is 1.92. The summed E-state index contributed by atoms with van der Waals surface area (Å²) >= 11 is 0. The second-order valence-electron chi connectivity index (χ2n) is 4.25. The lowest BCUT2D eigenvalue weighted by atomic mass is 10.3.